The number of thiocarbonyl (C=S) groups is 4. The molecule has 0 radical (unpaired) electrons. The van der Waals surface area contributed by atoms with Gasteiger partial charge in [-0.1, -0.05) is 110 Å². The van der Waals surface area contributed by atoms with Gasteiger partial charge in [-0.2, -0.15) is 0 Å². The fraction of sp³-hybridized carbons (Fsp3) is 0.125. The third kappa shape index (κ3) is 8.96. The minimum Gasteiger partial charge on any atom is -0.497 e. The molecule has 0 heterocycles. The number of benzene rings is 4. The summed E-state index contributed by atoms with van der Waals surface area (Å²) in [6, 6.07) is 30.4. The topological polar surface area (TPSA) is 36.9 Å². The van der Waals surface area contributed by atoms with E-state index in [0.717, 1.165) is 33.8 Å². The Balaban J connectivity index is 0.000000280. The quantitative estimate of drug-likeness (QED) is 0.0973. The number of hydrogen-bond donors (Lipinski definition) is 0. The molecule has 0 bridgehead atoms. The largest absolute Gasteiger partial charge is 0.497 e. The Kier molecular flexibility index (Phi) is 14.2. The van der Waals surface area contributed by atoms with Gasteiger partial charge in [0.2, 0.25) is 0 Å². The van der Waals surface area contributed by atoms with Crippen LogP contribution in [0.3, 0.4) is 0 Å². The van der Waals surface area contributed by atoms with Gasteiger partial charge in [0.15, 0.2) is 0 Å². The first-order valence-electron chi connectivity index (χ1n) is 12.1. The maximum Gasteiger partial charge on any atom is 0.127 e. The van der Waals surface area contributed by atoms with Crippen LogP contribution in [0, 0.1) is 0 Å². The summed E-state index contributed by atoms with van der Waals surface area (Å²) >= 11 is 22.0. The van der Waals surface area contributed by atoms with Gasteiger partial charge >= 0.3 is 0 Å². The summed E-state index contributed by atoms with van der Waals surface area (Å²) < 4.78 is 21.2. The number of methoxy groups -OCH3 is 4. The molecule has 0 N–H and O–H groups in total. The van der Waals surface area contributed by atoms with E-state index in [1.54, 1.807) is 28.4 Å². The molecule has 0 saturated heterocycles. The van der Waals surface area contributed by atoms with Crippen LogP contribution in [0.1, 0.15) is 22.3 Å². The molecule has 4 rings (SSSR count). The van der Waals surface area contributed by atoms with Crippen molar-refractivity contribution in [2.45, 2.75) is 0 Å². The van der Waals surface area contributed by atoms with Gasteiger partial charge in [-0.05, 0) is 47.5 Å². The van der Waals surface area contributed by atoms with Crippen molar-refractivity contribution in [3.8, 4) is 23.0 Å². The first kappa shape index (κ1) is 34.1. The molecule has 0 aromatic heterocycles. The molecule has 0 atom stereocenters. The molecule has 0 aliphatic heterocycles. The second-order valence-electron chi connectivity index (χ2n) is 8.18. The third-order valence-electron chi connectivity index (χ3n) is 5.79. The third-order valence-corrected chi connectivity index (χ3v) is 7.77. The first-order valence-corrected chi connectivity index (χ1v) is 13.7. The van der Waals surface area contributed by atoms with E-state index in [1.807, 2.05) is 97.1 Å². The van der Waals surface area contributed by atoms with E-state index >= 15 is 0 Å². The van der Waals surface area contributed by atoms with Crippen LogP contribution < -0.4 is 18.9 Å². The van der Waals surface area contributed by atoms with Crippen LogP contribution in [0.25, 0.3) is 0 Å². The van der Waals surface area contributed by atoms with Gasteiger partial charge in [-0.3, -0.25) is 0 Å². The molecule has 0 fully saturated rings. The maximum absolute atomic E-state index is 5.51. The number of hydrogen-bond acceptors (Lipinski definition) is 8. The van der Waals surface area contributed by atoms with Crippen molar-refractivity contribution in [1.29, 1.82) is 0 Å². The Morgan fingerprint density at radius 2 is 0.780 bits per heavy atom. The molecule has 0 amide bonds. The molecule has 41 heavy (non-hydrogen) atoms. The Labute approximate surface area is 272 Å². The van der Waals surface area contributed by atoms with E-state index in [2.05, 4.69) is 0 Å². The Morgan fingerprint density at radius 1 is 0.439 bits per heavy atom. The van der Waals surface area contributed by atoms with Crippen LogP contribution in [0.5, 0.6) is 23.0 Å². The van der Waals surface area contributed by atoms with Gasteiger partial charge in [-0.25, -0.2) is 0 Å². The molecule has 9 heteroatoms. The zero-order valence-corrected chi connectivity index (χ0v) is 27.1. The van der Waals surface area contributed by atoms with Crippen LogP contribution >= 0.6 is 48.9 Å². The fourth-order valence-electron chi connectivity index (χ4n) is 3.67. The average molecular weight is 664 g/mol. The van der Waals surface area contributed by atoms with Crippen molar-refractivity contribution in [3.63, 3.8) is 0 Å². The fourth-order valence-corrected chi connectivity index (χ4v) is 4.72. The van der Waals surface area contributed by atoms with Gasteiger partial charge in [0.05, 0.1) is 47.9 Å². The molecule has 4 aromatic rings. The van der Waals surface area contributed by atoms with Gasteiger partial charge < -0.3 is 18.9 Å². The van der Waals surface area contributed by atoms with Crippen LogP contribution in [-0.4, -0.2) is 47.9 Å². The smallest absolute Gasteiger partial charge is 0.127 e. The van der Waals surface area contributed by atoms with E-state index in [4.69, 9.17) is 67.8 Å². The second kappa shape index (κ2) is 17.0. The van der Waals surface area contributed by atoms with Gasteiger partial charge in [0.1, 0.15) is 23.0 Å². The second-order valence-corrected chi connectivity index (χ2v) is 9.81. The van der Waals surface area contributed by atoms with Crippen molar-refractivity contribution >= 4 is 68.3 Å². The summed E-state index contributed by atoms with van der Waals surface area (Å²) in [6.07, 6.45) is 0. The number of rotatable bonds is 10. The summed E-state index contributed by atoms with van der Waals surface area (Å²) in [5.41, 5.74) is 3.40. The van der Waals surface area contributed by atoms with Crippen molar-refractivity contribution < 1.29 is 35.4 Å². The normalized spacial score (nSPS) is 9.66. The molecule has 0 unspecified atom stereocenters. The standard InChI is InChI=1S/2C16H14O2S2.Ni/c2*1-17-12-8-9-14(18-2)13(10-12)16(20)15(19)11-6-4-3-5-7-11;/h2*3-10H,1-2H3;. The van der Waals surface area contributed by atoms with E-state index < -0.39 is 0 Å². The minimum absolute atomic E-state index is 0. The van der Waals surface area contributed by atoms with Crippen molar-refractivity contribution in [1.82, 2.24) is 0 Å². The molecule has 0 saturated carbocycles. The minimum atomic E-state index is 0. The Bertz CT molecular complexity index is 1390. The summed E-state index contributed by atoms with van der Waals surface area (Å²) in [5.74, 6) is 2.82. The van der Waals surface area contributed by atoms with Gasteiger partial charge in [0, 0.05) is 27.6 Å². The van der Waals surface area contributed by atoms with Crippen LogP contribution in [-0.2, 0) is 16.5 Å². The zero-order valence-electron chi connectivity index (χ0n) is 22.8. The van der Waals surface area contributed by atoms with Crippen LogP contribution in [0.2, 0.25) is 0 Å². The number of ether oxygens (including phenoxy) is 4. The average Bonchev–Trinajstić information content (AvgIpc) is 3.03. The van der Waals surface area contributed by atoms with E-state index in [9.17, 15) is 0 Å². The predicted molar refractivity (Wildman–Crippen MR) is 179 cm³/mol. The van der Waals surface area contributed by atoms with Crippen molar-refractivity contribution in [2.75, 3.05) is 28.4 Å². The SMILES string of the molecule is COc1ccc(OC)c(C(=S)C(=S)c2ccccc2)c1.COc1ccc(OC)c(C(=S)C(=S)c2ccccc2)c1.[Ni]. The summed E-state index contributed by atoms with van der Waals surface area (Å²) in [6.45, 7) is 0. The molecular weight excluding hydrogens is 635 g/mol. The summed E-state index contributed by atoms with van der Waals surface area (Å²) in [4.78, 5) is 2.43. The van der Waals surface area contributed by atoms with Crippen LogP contribution in [0.15, 0.2) is 97.1 Å². The van der Waals surface area contributed by atoms with Gasteiger partial charge in [0.25, 0.3) is 0 Å². The maximum atomic E-state index is 5.51. The first-order chi connectivity index (χ1) is 19.3. The van der Waals surface area contributed by atoms with Crippen molar-refractivity contribution in [3.05, 3.63) is 119 Å². The molecule has 4 aromatic carbocycles. The Morgan fingerprint density at radius 3 is 1.07 bits per heavy atom. The molecule has 4 nitrogen and oxygen atoms in total. The molecular formula is C32H28NiO4S4. The predicted octanol–water partition coefficient (Wildman–Crippen LogP) is 7.68. The van der Waals surface area contributed by atoms with E-state index in [-0.39, 0.29) is 16.5 Å². The van der Waals surface area contributed by atoms with E-state index in [1.165, 1.54) is 0 Å². The summed E-state index contributed by atoms with van der Waals surface area (Å²) in [5, 5.41) is 0. The molecule has 0 aliphatic rings. The zero-order chi connectivity index (χ0) is 29.1. The van der Waals surface area contributed by atoms with Crippen LogP contribution in [0.4, 0.5) is 0 Å². The van der Waals surface area contributed by atoms with Gasteiger partial charge in [-0.15, -0.1) is 0 Å². The van der Waals surface area contributed by atoms with E-state index in [0.29, 0.717) is 31.0 Å². The molecule has 0 spiro atoms. The van der Waals surface area contributed by atoms with Crippen molar-refractivity contribution in [2.24, 2.45) is 0 Å². The Hall–Kier alpha value is -3.07. The monoisotopic (exact) mass is 662 g/mol. The summed E-state index contributed by atoms with van der Waals surface area (Å²) in [7, 11) is 6.45. The molecule has 214 valence electrons. The molecule has 0 aliphatic carbocycles.